The third-order valence-electron chi connectivity index (χ3n) is 5.98. The Bertz CT molecular complexity index is 1420. The van der Waals surface area contributed by atoms with Gasteiger partial charge in [-0.2, -0.15) is 8.78 Å². The number of nitrogens with zero attached hydrogens (tertiary/aromatic N) is 4. The average Bonchev–Trinajstić information content (AvgIpc) is 3.31. The molecule has 0 aliphatic rings. The number of hydrogen-bond donors (Lipinski definition) is 2. The second-order valence-corrected chi connectivity index (χ2v) is 10.1. The van der Waals surface area contributed by atoms with Gasteiger partial charge in [-0.05, 0) is 55.0 Å². The number of aryl methyl sites for hydroxylation is 1. The van der Waals surface area contributed by atoms with Crippen molar-refractivity contribution < 1.29 is 27.5 Å². The van der Waals surface area contributed by atoms with Crippen LogP contribution in [0.2, 0.25) is 0 Å². The summed E-state index contributed by atoms with van der Waals surface area (Å²) >= 11 is 0. The predicted octanol–water partition coefficient (Wildman–Crippen LogP) is 4.50. The van der Waals surface area contributed by atoms with Gasteiger partial charge in [0.05, 0.1) is 46.2 Å². The van der Waals surface area contributed by atoms with Gasteiger partial charge in [-0.25, -0.2) is 9.97 Å². The number of imidazole rings is 1. The molecule has 0 unspecified atom stereocenters. The van der Waals surface area contributed by atoms with Gasteiger partial charge in [0, 0.05) is 35.8 Å². The minimum Gasteiger partial charge on any atom is -0.435 e. The standard InChI is InChI=1S/C28H32F2N6O3/c1-19-17-21(7-10-23(19)27(37)32-12-15-38-16-14-36(2,3)4)34-25-26-33-18-24(35(26)13-11-31-25)20-5-8-22(9-6-20)39-28(29)30/h5-11,13,17-18,28H,12,14-16H2,1-4H3,(H-,31,32,34,37)/p+1. The lowest BCUT2D eigenvalue weighted by molar-refractivity contribution is -0.870. The summed E-state index contributed by atoms with van der Waals surface area (Å²) in [5.74, 6) is 0.462. The first-order valence-electron chi connectivity index (χ1n) is 12.5. The quantitative estimate of drug-likeness (QED) is 0.204. The number of halogens is 2. The molecule has 11 heteroatoms. The first kappa shape index (κ1) is 27.9. The Kier molecular flexibility index (Phi) is 8.72. The van der Waals surface area contributed by atoms with Crippen LogP contribution in [0.15, 0.2) is 61.1 Å². The number of nitrogens with one attached hydrogen (secondary N) is 2. The highest BCUT2D eigenvalue weighted by Gasteiger charge is 2.14. The predicted molar refractivity (Wildman–Crippen MR) is 146 cm³/mol. The molecule has 2 heterocycles. The fraction of sp³-hybridized carbons (Fsp3) is 0.321. The van der Waals surface area contributed by atoms with Crippen molar-refractivity contribution in [1.29, 1.82) is 0 Å². The van der Waals surface area contributed by atoms with Crippen LogP contribution < -0.4 is 15.4 Å². The lowest BCUT2D eigenvalue weighted by Gasteiger charge is -2.23. The summed E-state index contributed by atoms with van der Waals surface area (Å²) in [6.45, 7) is 1.43. The molecule has 2 aromatic carbocycles. The van der Waals surface area contributed by atoms with Crippen LogP contribution in [0.5, 0.6) is 5.75 Å². The van der Waals surface area contributed by atoms with Crippen molar-refractivity contribution in [3.63, 3.8) is 0 Å². The summed E-state index contributed by atoms with van der Waals surface area (Å²) in [4.78, 5) is 21.6. The van der Waals surface area contributed by atoms with Gasteiger partial charge in [0.25, 0.3) is 5.91 Å². The first-order valence-corrected chi connectivity index (χ1v) is 12.5. The summed E-state index contributed by atoms with van der Waals surface area (Å²) in [5.41, 5.74) is 4.29. The number of fused-ring (bicyclic) bond motifs is 1. The van der Waals surface area contributed by atoms with E-state index in [0.29, 0.717) is 36.8 Å². The zero-order chi connectivity index (χ0) is 28.0. The number of likely N-dealkylation sites (N-methyl/N-ethyl adjacent to an activating group) is 1. The van der Waals surface area contributed by atoms with Crippen molar-refractivity contribution >= 4 is 23.1 Å². The molecular weight excluding hydrogens is 506 g/mol. The van der Waals surface area contributed by atoms with E-state index in [1.807, 2.05) is 23.5 Å². The summed E-state index contributed by atoms with van der Waals surface area (Å²) in [7, 11) is 6.31. The molecule has 39 heavy (non-hydrogen) atoms. The first-order chi connectivity index (χ1) is 18.6. The van der Waals surface area contributed by atoms with Crippen LogP contribution in [0, 0.1) is 6.92 Å². The van der Waals surface area contributed by atoms with Crippen molar-refractivity contribution in [2.75, 3.05) is 52.8 Å². The number of anilines is 2. The normalized spacial score (nSPS) is 11.7. The molecule has 0 aliphatic heterocycles. The van der Waals surface area contributed by atoms with Crippen LogP contribution in [0.4, 0.5) is 20.3 Å². The highest BCUT2D eigenvalue weighted by molar-refractivity contribution is 5.96. The Morgan fingerprint density at radius 2 is 1.85 bits per heavy atom. The number of alkyl halides is 2. The fourth-order valence-electron chi connectivity index (χ4n) is 3.93. The van der Waals surface area contributed by atoms with Gasteiger partial charge >= 0.3 is 6.61 Å². The van der Waals surface area contributed by atoms with Gasteiger partial charge in [-0.15, -0.1) is 0 Å². The molecule has 0 saturated carbocycles. The molecule has 2 aromatic heterocycles. The van der Waals surface area contributed by atoms with Crippen LogP contribution in [0.3, 0.4) is 0 Å². The number of ether oxygens (including phenoxy) is 2. The second-order valence-electron chi connectivity index (χ2n) is 10.1. The molecule has 4 aromatic rings. The monoisotopic (exact) mass is 539 g/mol. The molecule has 206 valence electrons. The maximum absolute atomic E-state index is 12.7. The molecule has 2 N–H and O–H groups in total. The molecule has 9 nitrogen and oxygen atoms in total. The van der Waals surface area contributed by atoms with Gasteiger partial charge in [-0.1, -0.05) is 0 Å². The van der Waals surface area contributed by atoms with E-state index in [9.17, 15) is 13.6 Å². The Hall–Kier alpha value is -4.09. The largest absolute Gasteiger partial charge is 0.435 e. The van der Waals surface area contributed by atoms with Crippen LogP contribution in [-0.4, -0.2) is 78.8 Å². The maximum atomic E-state index is 12.7. The highest BCUT2D eigenvalue weighted by Crippen LogP contribution is 2.27. The molecule has 0 spiro atoms. The molecule has 4 rings (SSSR count). The van der Waals surface area contributed by atoms with Crippen LogP contribution in [0.1, 0.15) is 15.9 Å². The minimum atomic E-state index is -2.87. The fourth-order valence-corrected chi connectivity index (χ4v) is 3.93. The third-order valence-corrected chi connectivity index (χ3v) is 5.98. The maximum Gasteiger partial charge on any atom is 0.387 e. The molecule has 0 atom stereocenters. The number of hydrogen-bond acceptors (Lipinski definition) is 6. The third kappa shape index (κ3) is 7.49. The lowest BCUT2D eigenvalue weighted by Crippen LogP contribution is -2.38. The smallest absolute Gasteiger partial charge is 0.387 e. The topological polar surface area (TPSA) is 89.8 Å². The SMILES string of the molecule is Cc1cc(Nc2nccn3c(-c4ccc(OC(F)F)cc4)cnc23)ccc1C(=O)NCCOCC[N+](C)(C)C. The molecule has 1 amide bonds. The van der Waals surface area contributed by atoms with Gasteiger partial charge < -0.3 is 24.6 Å². The molecule has 0 saturated heterocycles. The minimum absolute atomic E-state index is 0.0860. The number of aromatic nitrogens is 3. The number of carbonyl (C=O) groups excluding carboxylic acids is 1. The van der Waals surface area contributed by atoms with Gasteiger partial charge in [0.15, 0.2) is 11.5 Å². The number of quaternary nitrogens is 1. The van der Waals surface area contributed by atoms with Crippen molar-refractivity contribution in [1.82, 2.24) is 19.7 Å². The number of amides is 1. The van der Waals surface area contributed by atoms with E-state index in [0.717, 1.165) is 33.5 Å². The van der Waals surface area contributed by atoms with Crippen molar-refractivity contribution in [3.05, 3.63) is 72.2 Å². The summed E-state index contributed by atoms with van der Waals surface area (Å²) < 4.78 is 37.6. The molecule has 0 bridgehead atoms. The lowest BCUT2D eigenvalue weighted by atomic mass is 10.1. The molecule has 0 aliphatic carbocycles. The van der Waals surface area contributed by atoms with Crippen molar-refractivity contribution in [3.8, 4) is 17.0 Å². The average molecular weight is 540 g/mol. The Balaban J connectivity index is 1.40. The Labute approximate surface area is 226 Å². The Morgan fingerprint density at radius 1 is 1.08 bits per heavy atom. The van der Waals surface area contributed by atoms with E-state index in [-0.39, 0.29) is 11.7 Å². The van der Waals surface area contributed by atoms with E-state index in [1.54, 1.807) is 36.8 Å². The van der Waals surface area contributed by atoms with E-state index in [1.165, 1.54) is 12.1 Å². The van der Waals surface area contributed by atoms with Crippen LogP contribution in [-0.2, 0) is 4.74 Å². The van der Waals surface area contributed by atoms with Gasteiger partial charge in [-0.3, -0.25) is 9.20 Å². The summed E-state index contributed by atoms with van der Waals surface area (Å²) in [6.07, 6.45) is 5.11. The van der Waals surface area contributed by atoms with Crippen LogP contribution in [0.25, 0.3) is 16.9 Å². The van der Waals surface area contributed by atoms with E-state index < -0.39 is 6.61 Å². The Morgan fingerprint density at radius 3 is 2.54 bits per heavy atom. The van der Waals surface area contributed by atoms with Crippen LogP contribution >= 0.6 is 0 Å². The second kappa shape index (κ2) is 12.2. The summed E-state index contributed by atoms with van der Waals surface area (Å²) in [6, 6.07) is 11.8. The van der Waals surface area contributed by atoms with Crippen molar-refractivity contribution in [2.45, 2.75) is 13.5 Å². The zero-order valence-corrected chi connectivity index (χ0v) is 22.4. The molecule has 0 fully saturated rings. The highest BCUT2D eigenvalue weighted by atomic mass is 19.3. The number of rotatable bonds is 12. The van der Waals surface area contributed by atoms with E-state index in [2.05, 4.69) is 46.5 Å². The van der Waals surface area contributed by atoms with Gasteiger partial charge in [0.1, 0.15) is 12.3 Å². The molecule has 0 radical (unpaired) electrons. The van der Waals surface area contributed by atoms with E-state index >= 15 is 0 Å². The van der Waals surface area contributed by atoms with Crippen molar-refractivity contribution in [2.24, 2.45) is 0 Å². The van der Waals surface area contributed by atoms with E-state index in [4.69, 9.17) is 4.74 Å². The van der Waals surface area contributed by atoms with Gasteiger partial charge in [0.2, 0.25) is 0 Å². The number of carbonyl (C=O) groups is 1. The number of benzene rings is 2. The zero-order valence-electron chi connectivity index (χ0n) is 22.4. The summed E-state index contributed by atoms with van der Waals surface area (Å²) in [5, 5.41) is 6.18. The molecular formula is C28H33F2N6O3+.